The highest BCUT2D eigenvalue weighted by Gasteiger charge is 2.15. The number of nitrogens with zero attached hydrogens (tertiary/aromatic N) is 2. The van der Waals surface area contributed by atoms with Crippen LogP contribution in [0.25, 0.3) is 0 Å². The lowest BCUT2D eigenvalue weighted by Gasteiger charge is -2.07. The maximum absolute atomic E-state index is 13.4. The number of ether oxygens (including phenoxy) is 1. The van der Waals surface area contributed by atoms with E-state index in [4.69, 9.17) is 10.5 Å². The van der Waals surface area contributed by atoms with Gasteiger partial charge in [0.1, 0.15) is 0 Å². The van der Waals surface area contributed by atoms with Crippen molar-refractivity contribution in [2.45, 2.75) is 0 Å². The molecule has 94 valence electrons. The van der Waals surface area contributed by atoms with Gasteiger partial charge in [-0.25, -0.2) is 9.37 Å². The van der Waals surface area contributed by atoms with Crippen LogP contribution in [0.15, 0.2) is 22.8 Å². The van der Waals surface area contributed by atoms with Gasteiger partial charge in [-0.15, -0.1) is 0 Å². The van der Waals surface area contributed by atoms with Crippen LogP contribution in [0, 0.1) is 17.5 Å². The standard InChI is InChI=1S/C10H5BrF3N3O/c11-4-1-5(12)8(14)7(2-4)18-9-6(13)3-16-10(15)17-9/h1-3H,(H2,15,16,17). The third-order valence-corrected chi connectivity index (χ3v) is 2.35. The molecule has 8 heteroatoms. The Bertz CT molecular complexity index is 609. The highest BCUT2D eigenvalue weighted by atomic mass is 79.9. The van der Waals surface area contributed by atoms with E-state index in [-0.39, 0.29) is 10.4 Å². The molecule has 2 N–H and O–H groups in total. The van der Waals surface area contributed by atoms with Crippen LogP contribution in [-0.2, 0) is 0 Å². The van der Waals surface area contributed by atoms with Crippen LogP contribution in [-0.4, -0.2) is 9.97 Å². The fourth-order valence-corrected chi connectivity index (χ4v) is 1.56. The maximum atomic E-state index is 13.4. The van der Waals surface area contributed by atoms with Crippen molar-refractivity contribution in [3.63, 3.8) is 0 Å². The van der Waals surface area contributed by atoms with E-state index in [1.165, 1.54) is 0 Å². The summed E-state index contributed by atoms with van der Waals surface area (Å²) in [7, 11) is 0. The fourth-order valence-electron chi connectivity index (χ4n) is 1.15. The highest BCUT2D eigenvalue weighted by Crippen LogP contribution is 2.29. The molecule has 0 unspecified atom stereocenters. The molecule has 0 aliphatic carbocycles. The summed E-state index contributed by atoms with van der Waals surface area (Å²) in [6, 6.07) is 2.04. The van der Waals surface area contributed by atoms with E-state index in [9.17, 15) is 13.2 Å². The summed E-state index contributed by atoms with van der Waals surface area (Å²) in [5.41, 5.74) is 5.23. The number of aromatic nitrogens is 2. The Labute approximate surface area is 108 Å². The lowest BCUT2D eigenvalue weighted by atomic mass is 10.3. The van der Waals surface area contributed by atoms with Gasteiger partial charge in [0.25, 0.3) is 5.88 Å². The average molecular weight is 320 g/mol. The molecule has 2 aromatic rings. The Morgan fingerprint density at radius 3 is 2.61 bits per heavy atom. The van der Waals surface area contributed by atoms with Crippen LogP contribution < -0.4 is 10.5 Å². The zero-order valence-corrected chi connectivity index (χ0v) is 10.2. The molecule has 0 saturated carbocycles. The first-order valence-corrected chi connectivity index (χ1v) is 5.37. The molecule has 0 amide bonds. The van der Waals surface area contributed by atoms with E-state index < -0.39 is 29.1 Å². The number of hydrogen-bond donors (Lipinski definition) is 1. The monoisotopic (exact) mass is 319 g/mol. The molecule has 0 spiro atoms. The topological polar surface area (TPSA) is 61.0 Å². The minimum Gasteiger partial charge on any atom is -0.433 e. The number of rotatable bonds is 2. The number of nitrogen functional groups attached to an aromatic ring is 1. The quantitative estimate of drug-likeness (QED) is 0.864. The number of hydrogen-bond acceptors (Lipinski definition) is 4. The fraction of sp³-hybridized carbons (Fsp3) is 0. The molecule has 4 nitrogen and oxygen atoms in total. The molecule has 0 fully saturated rings. The zero-order valence-electron chi connectivity index (χ0n) is 8.62. The van der Waals surface area contributed by atoms with Crippen LogP contribution in [0.5, 0.6) is 11.6 Å². The first kappa shape index (κ1) is 12.6. The van der Waals surface area contributed by atoms with E-state index in [0.717, 1.165) is 18.3 Å². The molecule has 0 atom stereocenters. The van der Waals surface area contributed by atoms with Crippen LogP contribution in [0.1, 0.15) is 0 Å². The van der Waals surface area contributed by atoms with Crippen molar-refractivity contribution >= 4 is 21.9 Å². The molecule has 0 radical (unpaired) electrons. The molecular weight excluding hydrogens is 315 g/mol. The van der Waals surface area contributed by atoms with Crippen molar-refractivity contribution in [1.82, 2.24) is 9.97 Å². The molecule has 0 aliphatic heterocycles. The third-order valence-electron chi connectivity index (χ3n) is 1.90. The van der Waals surface area contributed by atoms with Crippen molar-refractivity contribution in [3.05, 3.63) is 40.3 Å². The van der Waals surface area contributed by atoms with Gasteiger partial charge in [-0.1, -0.05) is 15.9 Å². The number of anilines is 1. The predicted molar refractivity (Wildman–Crippen MR) is 60.5 cm³/mol. The number of nitrogens with two attached hydrogens (primary N) is 1. The lowest BCUT2D eigenvalue weighted by Crippen LogP contribution is -2.01. The summed E-state index contributed by atoms with van der Waals surface area (Å²) in [4.78, 5) is 6.81. The zero-order chi connectivity index (χ0) is 13.3. The minimum atomic E-state index is -1.25. The largest absolute Gasteiger partial charge is 0.433 e. The highest BCUT2D eigenvalue weighted by molar-refractivity contribution is 9.10. The molecule has 1 aromatic heterocycles. The van der Waals surface area contributed by atoms with Gasteiger partial charge < -0.3 is 10.5 Å². The summed E-state index contributed by atoms with van der Waals surface area (Å²) in [6.07, 6.45) is 0.768. The number of halogens is 4. The van der Waals surface area contributed by atoms with Gasteiger partial charge in [0.05, 0.1) is 6.20 Å². The summed E-state index contributed by atoms with van der Waals surface area (Å²) < 4.78 is 44.8. The van der Waals surface area contributed by atoms with Crippen molar-refractivity contribution in [2.75, 3.05) is 5.73 Å². The van der Waals surface area contributed by atoms with Crippen molar-refractivity contribution < 1.29 is 17.9 Å². The molecule has 0 aliphatic rings. The van der Waals surface area contributed by atoms with Gasteiger partial charge in [-0.3, -0.25) is 0 Å². The van der Waals surface area contributed by atoms with Crippen LogP contribution in [0.3, 0.4) is 0 Å². The Morgan fingerprint density at radius 1 is 1.17 bits per heavy atom. The summed E-state index contributed by atoms with van der Waals surface area (Å²) in [6.45, 7) is 0. The molecule has 2 rings (SSSR count). The molecule has 0 bridgehead atoms. The van der Waals surface area contributed by atoms with Gasteiger partial charge in [0.15, 0.2) is 11.6 Å². The van der Waals surface area contributed by atoms with Gasteiger partial charge in [-0.05, 0) is 12.1 Å². The smallest absolute Gasteiger partial charge is 0.260 e. The second-order valence-electron chi connectivity index (χ2n) is 3.18. The maximum Gasteiger partial charge on any atom is 0.260 e. The third kappa shape index (κ3) is 2.53. The first-order valence-electron chi connectivity index (χ1n) is 4.58. The van der Waals surface area contributed by atoms with Gasteiger partial charge in [-0.2, -0.15) is 13.8 Å². The normalized spacial score (nSPS) is 10.4. The van der Waals surface area contributed by atoms with Crippen molar-refractivity contribution in [1.29, 1.82) is 0 Å². The van der Waals surface area contributed by atoms with Crippen molar-refractivity contribution in [2.24, 2.45) is 0 Å². The van der Waals surface area contributed by atoms with Crippen LogP contribution in [0.4, 0.5) is 19.1 Å². The predicted octanol–water partition coefficient (Wildman–Crippen LogP) is 3.03. The molecular formula is C10H5BrF3N3O. The Balaban J connectivity index is 2.43. The van der Waals surface area contributed by atoms with Crippen molar-refractivity contribution in [3.8, 4) is 11.6 Å². The van der Waals surface area contributed by atoms with E-state index in [2.05, 4.69) is 25.9 Å². The molecule has 1 aromatic carbocycles. The molecule has 1 heterocycles. The first-order chi connectivity index (χ1) is 8.47. The lowest BCUT2D eigenvalue weighted by molar-refractivity contribution is 0.382. The second kappa shape index (κ2) is 4.81. The van der Waals surface area contributed by atoms with E-state index in [1.807, 2.05) is 0 Å². The number of benzene rings is 1. The van der Waals surface area contributed by atoms with E-state index in [1.54, 1.807) is 0 Å². The molecule has 18 heavy (non-hydrogen) atoms. The van der Waals surface area contributed by atoms with Crippen LogP contribution >= 0.6 is 15.9 Å². The summed E-state index contributed by atoms with van der Waals surface area (Å²) in [5, 5.41) is 0. The Morgan fingerprint density at radius 2 is 1.89 bits per heavy atom. The van der Waals surface area contributed by atoms with E-state index in [0.29, 0.717) is 0 Å². The van der Waals surface area contributed by atoms with Gasteiger partial charge in [0.2, 0.25) is 17.6 Å². The SMILES string of the molecule is Nc1ncc(F)c(Oc2cc(Br)cc(F)c2F)n1. The Kier molecular flexibility index (Phi) is 3.37. The summed E-state index contributed by atoms with van der Waals surface area (Å²) >= 11 is 2.96. The average Bonchev–Trinajstić information content (AvgIpc) is 2.30. The second-order valence-corrected chi connectivity index (χ2v) is 4.10. The van der Waals surface area contributed by atoms with Gasteiger partial charge >= 0.3 is 0 Å². The minimum absolute atomic E-state index is 0.235. The van der Waals surface area contributed by atoms with E-state index >= 15 is 0 Å². The van der Waals surface area contributed by atoms with Crippen LogP contribution in [0.2, 0.25) is 0 Å². The summed E-state index contributed by atoms with van der Waals surface area (Å²) in [5.74, 6) is -4.68. The van der Waals surface area contributed by atoms with Gasteiger partial charge in [0, 0.05) is 4.47 Å². The molecule has 0 saturated heterocycles. The Hall–Kier alpha value is -1.83.